The van der Waals surface area contributed by atoms with Gasteiger partial charge in [-0.1, -0.05) is 6.92 Å². The van der Waals surface area contributed by atoms with Crippen LogP contribution in [0.1, 0.15) is 13.8 Å². The fourth-order valence-electron chi connectivity index (χ4n) is 1.48. The van der Waals surface area contributed by atoms with Gasteiger partial charge in [-0.15, -0.1) is 0 Å². The maximum absolute atomic E-state index is 11.2. The number of methoxy groups -OCH3 is 1. The van der Waals surface area contributed by atoms with Crippen LogP contribution in [0.5, 0.6) is 0 Å². The van der Waals surface area contributed by atoms with Crippen LogP contribution >= 0.6 is 0 Å². The molecule has 12 heavy (non-hydrogen) atoms. The second-order valence-electron chi connectivity index (χ2n) is 3.11. The summed E-state index contributed by atoms with van der Waals surface area (Å²) in [5.74, 6) is -1.02. The Morgan fingerprint density at radius 3 is 2.33 bits per heavy atom. The highest BCUT2D eigenvalue weighted by atomic mass is 16.5. The summed E-state index contributed by atoms with van der Waals surface area (Å²) < 4.78 is 5.01. The number of carbonyl (C=O) groups is 2. The van der Waals surface area contributed by atoms with Gasteiger partial charge < -0.3 is 4.74 Å². The first-order valence-corrected chi connectivity index (χ1v) is 3.95. The molecule has 68 valence electrons. The summed E-state index contributed by atoms with van der Waals surface area (Å²) in [5, 5.41) is 2.27. The molecule has 3 atom stereocenters. The maximum atomic E-state index is 11.2. The number of hydrogen-bond donors (Lipinski definition) is 1. The van der Waals surface area contributed by atoms with Crippen molar-refractivity contribution >= 4 is 11.8 Å². The molecule has 1 aliphatic heterocycles. The molecule has 0 radical (unpaired) electrons. The molecule has 1 rings (SSSR count). The van der Waals surface area contributed by atoms with Gasteiger partial charge in [0.05, 0.1) is 12.0 Å². The third-order valence-electron chi connectivity index (χ3n) is 2.38. The molecule has 1 heterocycles. The van der Waals surface area contributed by atoms with Crippen molar-refractivity contribution in [1.29, 1.82) is 0 Å². The van der Waals surface area contributed by atoms with Crippen molar-refractivity contribution in [2.75, 3.05) is 7.11 Å². The number of ether oxygens (including phenoxy) is 1. The molecule has 0 spiro atoms. The van der Waals surface area contributed by atoms with E-state index in [0.717, 1.165) is 0 Å². The van der Waals surface area contributed by atoms with Gasteiger partial charge >= 0.3 is 0 Å². The zero-order valence-electron chi connectivity index (χ0n) is 7.46. The van der Waals surface area contributed by atoms with E-state index in [1.165, 1.54) is 7.11 Å². The predicted octanol–water partition coefficient (Wildman–Crippen LogP) is -0.0700. The van der Waals surface area contributed by atoms with E-state index in [4.69, 9.17) is 4.74 Å². The topological polar surface area (TPSA) is 55.4 Å². The quantitative estimate of drug-likeness (QED) is 0.592. The smallest absolute Gasteiger partial charge is 0.233 e. The molecule has 0 unspecified atom stereocenters. The number of carbonyl (C=O) groups excluding carboxylic acids is 2. The Labute approximate surface area is 71.3 Å². The Hall–Kier alpha value is -0.900. The van der Waals surface area contributed by atoms with Crippen LogP contribution in [0.4, 0.5) is 0 Å². The third kappa shape index (κ3) is 1.34. The Kier molecular flexibility index (Phi) is 2.47. The predicted molar refractivity (Wildman–Crippen MR) is 42.3 cm³/mol. The highest BCUT2D eigenvalue weighted by molar-refractivity contribution is 6.05. The summed E-state index contributed by atoms with van der Waals surface area (Å²) in [6.45, 7) is 3.53. The molecule has 0 bridgehead atoms. The second kappa shape index (κ2) is 3.23. The van der Waals surface area contributed by atoms with Crippen molar-refractivity contribution in [3.8, 4) is 0 Å². The largest absolute Gasteiger partial charge is 0.381 e. The van der Waals surface area contributed by atoms with Crippen molar-refractivity contribution in [3.63, 3.8) is 0 Å². The minimum absolute atomic E-state index is 0.200. The molecule has 4 nitrogen and oxygen atoms in total. The van der Waals surface area contributed by atoms with Gasteiger partial charge in [0.2, 0.25) is 11.8 Å². The Bertz CT molecular complexity index is 214. The molecular formula is C8H13NO3. The van der Waals surface area contributed by atoms with Gasteiger partial charge in [0.15, 0.2) is 0 Å². The van der Waals surface area contributed by atoms with Crippen LogP contribution < -0.4 is 5.32 Å². The first-order valence-electron chi connectivity index (χ1n) is 3.95. The van der Waals surface area contributed by atoms with Crippen LogP contribution in [0.2, 0.25) is 0 Å². The summed E-state index contributed by atoms with van der Waals surface area (Å²) in [7, 11) is 1.54. The second-order valence-corrected chi connectivity index (χ2v) is 3.11. The van der Waals surface area contributed by atoms with E-state index in [-0.39, 0.29) is 29.8 Å². The lowest BCUT2D eigenvalue weighted by molar-refractivity contribution is -0.127. The summed E-state index contributed by atoms with van der Waals surface area (Å²) in [5.41, 5.74) is 0. The van der Waals surface area contributed by atoms with E-state index < -0.39 is 0 Å². The van der Waals surface area contributed by atoms with Gasteiger partial charge in [-0.3, -0.25) is 14.9 Å². The zero-order chi connectivity index (χ0) is 9.30. The Morgan fingerprint density at radius 2 is 2.00 bits per heavy atom. The van der Waals surface area contributed by atoms with E-state index in [1.807, 2.05) is 0 Å². The van der Waals surface area contributed by atoms with E-state index in [1.54, 1.807) is 13.8 Å². The molecule has 1 saturated heterocycles. The fraction of sp³-hybridized carbons (Fsp3) is 0.750. The zero-order valence-corrected chi connectivity index (χ0v) is 7.46. The van der Waals surface area contributed by atoms with Gasteiger partial charge in [0.1, 0.15) is 0 Å². The molecule has 0 saturated carbocycles. The van der Waals surface area contributed by atoms with Crippen molar-refractivity contribution in [1.82, 2.24) is 5.32 Å². The molecular weight excluding hydrogens is 158 g/mol. The average Bonchev–Trinajstić information content (AvgIpc) is 2.26. The van der Waals surface area contributed by atoms with Crippen molar-refractivity contribution in [3.05, 3.63) is 0 Å². The van der Waals surface area contributed by atoms with Crippen LogP contribution in [0.25, 0.3) is 0 Å². The highest BCUT2D eigenvalue weighted by Crippen LogP contribution is 2.23. The highest BCUT2D eigenvalue weighted by Gasteiger charge is 2.41. The van der Waals surface area contributed by atoms with Gasteiger partial charge in [0, 0.05) is 13.0 Å². The molecule has 4 heteroatoms. The first kappa shape index (κ1) is 9.19. The molecule has 0 aromatic heterocycles. The minimum atomic E-state index is -0.331. The van der Waals surface area contributed by atoms with Crippen LogP contribution in [-0.2, 0) is 14.3 Å². The number of nitrogens with one attached hydrogen (secondary N) is 1. The Balaban J connectivity index is 2.76. The van der Waals surface area contributed by atoms with Crippen LogP contribution in [0.15, 0.2) is 0 Å². The summed E-state index contributed by atoms with van der Waals surface area (Å²) in [6, 6.07) is 0. The number of amides is 2. The van der Waals surface area contributed by atoms with Gasteiger partial charge in [-0.25, -0.2) is 0 Å². The standard InChI is InChI=1S/C8H13NO3/c1-4-6(5(2)12-3)8(11)9-7(4)10/h4-6H,1-3H3,(H,9,10,11)/t4-,5-,6-/m1/s1. The molecule has 2 amide bonds. The van der Waals surface area contributed by atoms with Gasteiger partial charge in [-0.2, -0.15) is 0 Å². The summed E-state index contributed by atoms with van der Waals surface area (Å²) >= 11 is 0. The van der Waals surface area contributed by atoms with E-state index in [0.29, 0.717) is 0 Å². The fourth-order valence-corrected chi connectivity index (χ4v) is 1.48. The molecule has 1 aliphatic rings. The normalized spacial score (nSPS) is 31.9. The van der Waals surface area contributed by atoms with Crippen molar-refractivity contribution in [2.24, 2.45) is 11.8 Å². The molecule has 1 N–H and O–H groups in total. The van der Waals surface area contributed by atoms with Crippen molar-refractivity contribution in [2.45, 2.75) is 20.0 Å². The number of rotatable bonds is 2. The van der Waals surface area contributed by atoms with Gasteiger partial charge in [0.25, 0.3) is 0 Å². The lowest BCUT2D eigenvalue weighted by Crippen LogP contribution is -2.30. The van der Waals surface area contributed by atoms with Gasteiger partial charge in [-0.05, 0) is 6.92 Å². The molecule has 1 fully saturated rings. The van der Waals surface area contributed by atoms with E-state index in [9.17, 15) is 9.59 Å². The van der Waals surface area contributed by atoms with E-state index >= 15 is 0 Å². The number of hydrogen-bond acceptors (Lipinski definition) is 3. The Morgan fingerprint density at radius 1 is 1.42 bits per heavy atom. The summed E-state index contributed by atoms with van der Waals surface area (Å²) in [6.07, 6.45) is -0.202. The number of imide groups is 1. The van der Waals surface area contributed by atoms with Crippen molar-refractivity contribution < 1.29 is 14.3 Å². The molecule has 0 aliphatic carbocycles. The SMILES string of the molecule is CO[C@H](C)[C@@H]1C(=O)NC(=O)[C@@H]1C. The first-order chi connectivity index (χ1) is 5.57. The van der Waals surface area contributed by atoms with Crippen LogP contribution in [0, 0.1) is 11.8 Å². The minimum Gasteiger partial charge on any atom is -0.381 e. The lowest BCUT2D eigenvalue weighted by atomic mass is 9.92. The summed E-state index contributed by atoms with van der Waals surface area (Å²) in [4.78, 5) is 22.2. The average molecular weight is 171 g/mol. The molecule has 0 aromatic carbocycles. The van der Waals surface area contributed by atoms with Crippen LogP contribution in [0.3, 0.4) is 0 Å². The molecule has 0 aromatic rings. The maximum Gasteiger partial charge on any atom is 0.233 e. The van der Waals surface area contributed by atoms with Crippen LogP contribution in [-0.4, -0.2) is 25.0 Å². The monoisotopic (exact) mass is 171 g/mol. The van der Waals surface area contributed by atoms with E-state index in [2.05, 4.69) is 5.32 Å². The lowest BCUT2D eigenvalue weighted by Gasteiger charge is -2.17. The third-order valence-corrected chi connectivity index (χ3v) is 2.38.